The van der Waals surface area contributed by atoms with Gasteiger partial charge in [-0.1, -0.05) is 11.6 Å². The number of carbonyl (C=O) groups is 2. The number of fused-ring (bicyclic) bond motifs is 1. The second-order valence-corrected chi connectivity index (χ2v) is 8.96. The van der Waals surface area contributed by atoms with Crippen molar-refractivity contribution in [1.29, 1.82) is 5.41 Å². The van der Waals surface area contributed by atoms with Gasteiger partial charge in [0.2, 0.25) is 11.1 Å². The van der Waals surface area contributed by atoms with Crippen LogP contribution in [0.3, 0.4) is 0 Å². The Hall–Kier alpha value is -3.17. The number of rotatable bonds is 4. The molecule has 0 atom stereocenters. The molecule has 5 rings (SSSR count). The van der Waals surface area contributed by atoms with E-state index < -0.39 is 5.91 Å². The average Bonchev–Trinajstić information content (AvgIpc) is 3.53. The summed E-state index contributed by atoms with van der Waals surface area (Å²) in [5.74, 6) is 0.404. The molecule has 0 unspecified atom stereocenters. The van der Waals surface area contributed by atoms with E-state index in [4.69, 9.17) is 21.4 Å². The van der Waals surface area contributed by atoms with Gasteiger partial charge in [-0.05, 0) is 67.1 Å². The van der Waals surface area contributed by atoms with E-state index in [1.165, 1.54) is 11.1 Å². The van der Waals surface area contributed by atoms with Crippen LogP contribution in [0.25, 0.3) is 17.4 Å². The second-order valence-electron chi connectivity index (χ2n) is 7.49. The first-order chi connectivity index (χ1) is 15.5. The van der Waals surface area contributed by atoms with E-state index in [9.17, 15) is 9.59 Å². The summed E-state index contributed by atoms with van der Waals surface area (Å²) >= 11 is 7.08. The smallest absolute Gasteiger partial charge is 0.283 e. The Balaban J connectivity index is 1.35. The van der Waals surface area contributed by atoms with Gasteiger partial charge in [-0.25, -0.2) is 0 Å². The number of aliphatic imine (C=N–C) groups is 1. The van der Waals surface area contributed by atoms with E-state index in [1.54, 1.807) is 24.3 Å². The molecule has 0 bridgehead atoms. The van der Waals surface area contributed by atoms with Crippen molar-refractivity contribution in [2.24, 2.45) is 10.1 Å². The number of amides is 2. The number of carbonyl (C=O) groups excluding carboxylic acids is 2. The number of amidine groups is 2. The maximum atomic E-state index is 12.6. The molecule has 3 aliphatic rings. The summed E-state index contributed by atoms with van der Waals surface area (Å²) in [4.78, 5) is 30.9. The zero-order valence-corrected chi connectivity index (χ0v) is 18.4. The predicted octanol–water partition coefficient (Wildman–Crippen LogP) is 4.23. The van der Waals surface area contributed by atoms with Crippen molar-refractivity contribution in [3.63, 3.8) is 0 Å². The fraction of sp³-hybridized carbons (Fsp3) is 0.227. The highest BCUT2D eigenvalue weighted by atomic mass is 35.5. The Morgan fingerprint density at radius 1 is 1.19 bits per heavy atom. The highest BCUT2D eigenvalue weighted by molar-refractivity contribution is 8.27. The monoisotopic (exact) mass is 467 g/mol. The van der Waals surface area contributed by atoms with Crippen LogP contribution in [-0.2, 0) is 9.59 Å². The van der Waals surface area contributed by atoms with Crippen molar-refractivity contribution in [3.8, 4) is 11.3 Å². The van der Waals surface area contributed by atoms with Gasteiger partial charge < -0.3 is 9.32 Å². The van der Waals surface area contributed by atoms with Crippen LogP contribution in [-0.4, -0.2) is 50.9 Å². The average molecular weight is 468 g/mol. The van der Waals surface area contributed by atoms with Crippen molar-refractivity contribution >= 4 is 57.3 Å². The van der Waals surface area contributed by atoms with Gasteiger partial charge in [0.1, 0.15) is 16.6 Å². The first-order valence-electron chi connectivity index (χ1n) is 10.1. The van der Waals surface area contributed by atoms with Gasteiger partial charge in [-0.15, -0.1) is 0 Å². The van der Waals surface area contributed by atoms with Crippen molar-refractivity contribution in [2.45, 2.75) is 19.3 Å². The quantitative estimate of drug-likeness (QED) is 0.678. The molecule has 4 heterocycles. The number of hydrogen-bond acceptors (Lipinski definition) is 6. The van der Waals surface area contributed by atoms with Gasteiger partial charge in [0.15, 0.2) is 5.84 Å². The van der Waals surface area contributed by atoms with Crippen molar-refractivity contribution < 1.29 is 14.0 Å². The predicted molar refractivity (Wildman–Crippen MR) is 125 cm³/mol. The van der Waals surface area contributed by atoms with Crippen LogP contribution < -0.4 is 0 Å². The Morgan fingerprint density at radius 2 is 1.94 bits per heavy atom. The lowest BCUT2D eigenvalue weighted by molar-refractivity contribution is -0.128. The van der Waals surface area contributed by atoms with E-state index in [0.29, 0.717) is 26.8 Å². The van der Waals surface area contributed by atoms with Crippen LogP contribution in [0, 0.1) is 5.41 Å². The van der Waals surface area contributed by atoms with Crippen molar-refractivity contribution in [1.82, 2.24) is 9.91 Å². The maximum absolute atomic E-state index is 12.6. The molecule has 0 saturated carbocycles. The fourth-order valence-corrected chi connectivity index (χ4v) is 4.65. The highest BCUT2D eigenvalue weighted by Crippen LogP contribution is 2.31. The minimum Gasteiger partial charge on any atom is -0.457 e. The lowest BCUT2D eigenvalue weighted by Gasteiger charge is -2.19. The number of benzene rings is 1. The number of halogens is 1. The summed E-state index contributed by atoms with van der Waals surface area (Å²) in [6, 6.07) is 10.7. The van der Waals surface area contributed by atoms with E-state index in [0.717, 1.165) is 43.3 Å². The first-order valence-corrected chi connectivity index (χ1v) is 11.3. The molecule has 1 aromatic heterocycles. The van der Waals surface area contributed by atoms with Gasteiger partial charge in [-0.2, -0.15) is 15.1 Å². The third-order valence-electron chi connectivity index (χ3n) is 5.30. The van der Waals surface area contributed by atoms with E-state index in [2.05, 4.69) is 10.1 Å². The number of furan rings is 1. The van der Waals surface area contributed by atoms with Crippen molar-refractivity contribution in [3.05, 3.63) is 52.8 Å². The Morgan fingerprint density at radius 3 is 2.69 bits per heavy atom. The molecule has 1 fully saturated rings. The minimum absolute atomic E-state index is 0.00753. The number of hydrazone groups is 1. The van der Waals surface area contributed by atoms with E-state index in [1.807, 2.05) is 17.0 Å². The molecule has 0 radical (unpaired) electrons. The molecule has 32 heavy (non-hydrogen) atoms. The zero-order chi connectivity index (χ0) is 22.2. The number of nitrogens with one attached hydrogen (secondary N) is 1. The standard InChI is InChI=1S/C22H18ClN5O3S/c23-14-5-3-13(4-6-14)17-8-7-15(31-17)11-16-20(24)28-22(25-21(16)30)32-18(26-28)12-19(29)27-9-1-2-10-27/h3-8,11,24H,1-2,9-10,12H2. The van der Waals surface area contributed by atoms with Crippen LogP contribution in [0.5, 0.6) is 0 Å². The third kappa shape index (κ3) is 4.01. The number of thioether (sulfide) groups is 1. The summed E-state index contributed by atoms with van der Waals surface area (Å²) in [6.07, 6.45) is 3.66. The van der Waals surface area contributed by atoms with Crippen LogP contribution in [0.1, 0.15) is 25.0 Å². The molecule has 3 aliphatic heterocycles. The highest BCUT2D eigenvalue weighted by Gasteiger charge is 2.36. The lowest BCUT2D eigenvalue weighted by Crippen LogP contribution is -2.35. The second kappa shape index (κ2) is 8.40. The number of likely N-dealkylation sites (tertiary alicyclic amines) is 1. The number of nitrogens with zero attached hydrogens (tertiary/aromatic N) is 4. The first kappa shape index (κ1) is 20.7. The van der Waals surface area contributed by atoms with E-state index >= 15 is 0 Å². The molecule has 2 amide bonds. The third-order valence-corrected chi connectivity index (χ3v) is 6.46. The molecular formula is C22H18ClN5O3S. The van der Waals surface area contributed by atoms with E-state index in [-0.39, 0.29) is 23.7 Å². The van der Waals surface area contributed by atoms with Gasteiger partial charge in [0, 0.05) is 23.7 Å². The SMILES string of the molecule is N=C1C(=Cc2ccc(-c3ccc(Cl)cc3)o2)C(=O)N=C2SC(CC(=O)N3CCCC3)=NN12. The summed E-state index contributed by atoms with van der Waals surface area (Å²) < 4.78 is 5.82. The largest absolute Gasteiger partial charge is 0.457 e. The Kier molecular flexibility index (Phi) is 5.44. The molecule has 10 heteroatoms. The molecule has 0 aliphatic carbocycles. The summed E-state index contributed by atoms with van der Waals surface area (Å²) in [7, 11) is 0. The van der Waals surface area contributed by atoms with Crippen LogP contribution in [0.15, 0.2) is 56.5 Å². The minimum atomic E-state index is -0.541. The Bertz CT molecular complexity index is 1210. The van der Waals surface area contributed by atoms with Crippen molar-refractivity contribution in [2.75, 3.05) is 13.1 Å². The molecule has 1 N–H and O–H groups in total. The van der Waals surface area contributed by atoms with Crippen LogP contribution in [0.4, 0.5) is 0 Å². The fourth-order valence-electron chi connectivity index (χ4n) is 3.65. The molecule has 2 aromatic rings. The van der Waals surface area contributed by atoms with Gasteiger partial charge >= 0.3 is 0 Å². The topological polar surface area (TPSA) is 102 Å². The molecule has 0 spiro atoms. The molecular weight excluding hydrogens is 450 g/mol. The van der Waals surface area contributed by atoms with Crippen LogP contribution >= 0.6 is 23.4 Å². The Labute approximate surface area is 193 Å². The van der Waals surface area contributed by atoms with Crippen LogP contribution in [0.2, 0.25) is 5.02 Å². The lowest BCUT2D eigenvalue weighted by atomic mass is 10.1. The zero-order valence-electron chi connectivity index (χ0n) is 16.9. The molecule has 162 valence electrons. The molecule has 8 nitrogen and oxygen atoms in total. The summed E-state index contributed by atoms with van der Waals surface area (Å²) in [5.41, 5.74) is 0.916. The summed E-state index contributed by atoms with van der Waals surface area (Å²) in [6.45, 7) is 1.54. The number of hydrogen-bond donors (Lipinski definition) is 1. The normalized spacial score (nSPS) is 19.5. The summed E-state index contributed by atoms with van der Waals surface area (Å²) in [5, 5.41) is 15.6. The van der Waals surface area contributed by atoms with Gasteiger partial charge in [-0.3, -0.25) is 15.0 Å². The van der Waals surface area contributed by atoms with Gasteiger partial charge in [0.05, 0.1) is 12.0 Å². The molecule has 1 saturated heterocycles. The van der Waals surface area contributed by atoms with Gasteiger partial charge in [0.25, 0.3) is 5.91 Å². The maximum Gasteiger partial charge on any atom is 0.283 e. The molecule has 1 aromatic carbocycles.